The van der Waals surface area contributed by atoms with Gasteiger partial charge in [0.1, 0.15) is 5.82 Å². The van der Waals surface area contributed by atoms with Gasteiger partial charge < -0.3 is 4.90 Å². The Morgan fingerprint density at radius 2 is 2.08 bits per heavy atom. The molecular formula is C20H19FN4O. The van der Waals surface area contributed by atoms with Crippen molar-refractivity contribution >= 4 is 5.91 Å². The molecule has 6 heteroatoms. The summed E-state index contributed by atoms with van der Waals surface area (Å²) in [5, 5.41) is 7.50. The zero-order valence-corrected chi connectivity index (χ0v) is 14.2. The minimum absolute atomic E-state index is 0.0540. The van der Waals surface area contributed by atoms with Gasteiger partial charge in [-0.2, -0.15) is 5.10 Å². The van der Waals surface area contributed by atoms with Crippen LogP contribution in [-0.4, -0.2) is 39.1 Å². The molecule has 0 bridgehead atoms. The molecule has 5 nitrogen and oxygen atoms in total. The van der Waals surface area contributed by atoms with E-state index < -0.39 is 0 Å². The number of H-pyrrole nitrogens is 1. The molecule has 3 heterocycles. The van der Waals surface area contributed by atoms with Crippen molar-refractivity contribution in [2.75, 3.05) is 13.1 Å². The number of halogens is 1. The number of benzene rings is 1. The summed E-state index contributed by atoms with van der Waals surface area (Å²) < 4.78 is 13.1. The highest BCUT2D eigenvalue weighted by Gasteiger charge is 2.26. The molecule has 1 saturated heterocycles. The normalized spacial score (nSPS) is 17.3. The molecule has 1 fully saturated rings. The van der Waals surface area contributed by atoms with Crippen molar-refractivity contribution in [1.82, 2.24) is 20.1 Å². The second kappa shape index (κ2) is 7.07. The number of amides is 1. The lowest BCUT2D eigenvalue weighted by atomic mass is 9.94. The van der Waals surface area contributed by atoms with Gasteiger partial charge in [0.15, 0.2) is 0 Å². The number of nitrogens with zero attached hydrogens (tertiary/aromatic N) is 3. The Labute approximate surface area is 150 Å². The third kappa shape index (κ3) is 3.35. The molecule has 0 aliphatic carbocycles. The fraction of sp³-hybridized carbons (Fsp3) is 0.250. The van der Waals surface area contributed by atoms with Crippen LogP contribution in [0.15, 0.2) is 54.9 Å². The number of pyridine rings is 1. The number of hydrogen-bond acceptors (Lipinski definition) is 3. The highest BCUT2D eigenvalue weighted by atomic mass is 19.1. The smallest absolute Gasteiger partial charge is 0.253 e. The second-order valence-electron chi connectivity index (χ2n) is 6.55. The van der Waals surface area contributed by atoms with Crippen LogP contribution < -0.4 is 0 Å². The number of likely N-dealkylation sites (tertiary alicyclic amines) is 1. The lowest BCUT2D eigenvalue weighted by Crippen LogP contribution is -2.39. The second-order valence-corrected chi connectivity index (χ2v) is 6.55. The van der Waals surface area contributed by atoms with Crippen molar-refractivity contribution in [3.63, 3.8) is 0 Å². The quantitative estimate of drug-likeness (QED) is 0.785. The molecule has 0 unspecified atom stereocenters. The van der Waals surface area contributed by atoms with Crippen LogP contribution in [0.5, 0.6) is 0 Å². The summed E-state index contributed by atoms with van der Waals surface area (Å²) in [6.45, 7) is 1.35. The topological polar surface area (TPSA) is 61.9 Å². The maximum atomic E-state index is 13.1. The number of carbonyl (C=O) groups excluding carboxylic acids is 1. The number of aromatic nitrogens is 3. The van der Waals surface area contributed by atoms with E-state index in [-0.39, 0.29) is 17.6 Å². The fourth-order valence-corrected chi connectivity index (χ4v) is 3.40. The molecule has 1 atom stereocenters. The van der Waals surface area contributed by atoms with Gasteiger partial charge in [0.25, 0.3) is 5.91 Å². The third-order valence-electron chi connectivity index (χ3n) is 4.79. The Bertz CT molecular complexity index is 892. The van der Waals surface area contributed by atoms with E-state index in [0.29, 0.717) is 12.1 Å². The van der Waals surface area contributed by atoms with Crippen LogP contribution in [0, 0.1) is 5.82 Å². The summed E-state index contributed by atoms with van der Waals surface area (Å²) in [5.74, 6) is -0.175. The summed E-state index contributed by atoms with van der Waals surface area (Å²) >= 11 is 0. The molecule has 4 rings (SSSR count). The monoisotopic (exact) mass is 350 g/mol. The van der Waals surface area contributed by atoms with E-state index in [4.69, 9.17) is 0 Å². The average Bonchev–Trinajstić information content (AvgIpc) is 3.19. The molecule has 0 spiro atoms. The van der Waals surface area contributed by atoms with Gasteiger partial charge in [0, 0.05) is 48.2 Å². The summed E-state index contributed by atoms with van der Waals surface area (Å²) in [4.78, 5) is 18.6. The van der Waals surface area contributed by atoms with Crippen molar-refractivity contribution < 1.29 is 9.18 Å². The number of carbonyl (C=O) groups is 1. The minimum Gasteiger partial charge on any atom is -0.338 e. The molecule has 1 aromatic carbocycles. The van der Waals surface area contributed by atoms with Gasteiger partial charge in [-0.15, -0.1) is 0 Å². The number of hydrogen-bond donors (Lipinski definition) is 1. The van der Waals surface area contributed by atoms with E-state index in [0.717, 1.165) is 36.3 Å². The fourth-order valence-electron chi connectivity index (χ4n) is 3.40. The van der Waals surface area contributed by atoms with E-state index in [1.165, 1.54) is 24.3 Å². The van der Waals surface area contributed by atoms with E-state index >= 15 is 0 Å². The Kier molecular flexibility index (Phi) is 4.48. The van der Waals surface area contributed by atoms with Gasteiger partial charge in [0.05, 0.1) is 5.69 Å². The third-order valence-corrected chi connectivity index (χ3v) is 4.79. The molecule has 132 valence electrons. The predicted molar refractivity (Wildman–Crippen MR) is 96.1 cm³/mol. The Morgan fingerprint density at radius 1 is 1.23 bits per heavy atom. The van der Waals surface area contributed by atoms with Gasteiger partial charge in [-0.05, 0) is 55.3 Å². The summed E-state index contributed by atoms with van der Waals surface area (Å²) in [6.07, 6.45) is 5.45. The first-order valence-electron chi connectivity index (χ1n) is 8.71. The van der Waals surface area contributed by atoms with E-state index in [1.807, 2.05) is 23.1 Å². The van der Waals surface area contributed by atoms with Gasteiger partial charge in [-0.3, -0.25) is 14.9 Å². The molecule has 1 aliphatic heterocycles. The maximum absolute atomic E-state index is 13.1. The lowest BCUT2D eigenvalue weighted by Gasteiger charge is -2.32. The van der Waals surface area contributed by atoms with Crippen molar-refractivity contribution in [2.45, 2.75) is 18.8 Å². The van der Waals surface area contributed by atoms with Crippen LogP contribution in [0.2, 0.25) is 0 Å². The van der Waals surface area contributed by atoms with E-state index in [9.17, 15) is 9.18 Å². The Morgan fingerprint density at radius 3 is 2.85 bits per heavy atom. The van der Waals surface area contributed by atoms with Gasteiger partial charge in [0.2, 0.25) is 0 Å². The van der Waals surface area contributed by atoms with Crippen molar-refractivity contribution in [2.24, 2.45) is 0 Å². The lowest BCUT2D eigenvalue weighted by molar-refractivity contribution is 0.0706. The molecule has 1 amide bonds. The standard InChI is InChI=1S/C20H19FN4O/c21-17-7-5-14(6-8-17)20(26)25-10-2-4-16(13-25)19-11-18(23-24-19)15-3-1-9-22-12-15/h1,3,5-9,11-12,16H,2,4,10,13H2,(H,23,24)/t16-/m0/s1. The summed E-state index contributed by atoms with van der Waals surface area (Å²) in [6, 6.07) is 11.6. The number of rotatable bonds is 3. The van der Waals surface area contributed by atoms with Crippen LogP contribution in [0.25, 0.3) is 11.3 Å². The molecule has 0 radical (unpaired) electrons. The zero-order chi connectivity index (χ0) is 17.9. The number of piperidine rings is 1. The van der Waals surface area contributed by atoms with Gasteiger partial charge >= 0.3 is 0 Å². The maximum Gasteiger partial charge on any atom is 0.253 e. The average molecular weight is 350 g/mol. The zero-order valence-electron chi connectivity index (χ0n) is 14.2. The first-order valence-corrected chi connectivity index (χ1v) is 8.71. The van der Waals surface area contributed by atoms with E-state index in [1.54, 1.807) is 12.4 Å². The predicted octanol–water partition coefficient (Wildman–Crippen LogP) is 3.63. The van der Waals surface area contributed by atoms with Crippen LogP contribution >= 0.6 is 0 Å². The van der Waals surface area contributed by atoms with E-state index in [2.05, 4.69) is 15.2 Å². The van der Waals surface area contributed by atoms with Crippen LogP contribution in [0.3, 0.4) is 0 Å². The molecule has 3 aromatic rings. The van der Waals surface area contributed by atoms with Gasteiger partial charge in [-0.1, -0.05) is 0 Å². The largest absolute Gasteiger partial charge is 0.338 e. The van der Waals surface area contributed by atoms with Gasteiger partial charge in [-0.25, -0.2) is 4.39 Å². The highest BCUT2D eigenvalue weighted by Crippen LogP contribution is 2.29. The first-order chi connectivity index (χ1) is 12.7. The van der Waals surface area contributed by atoms with Crippen LogP contribution in [0.4, 0.5) is 4.39 Å². The number of nitrogens with one attached hydrogen (secondary N) is 1. The summed E-state index contributed by atoms with van der Waals surface area (Å²) in [5.41, 5.74) is 3.37. The Balaban J connectivity index is 1.49. The molecule has 2 aromatic heterocycles. The van der Waals surface area contributed by atoms with Crippen LogP contribution in [0.1, 0.15) is 34.8 Å². The SMILES string of the molecule is O=C(c1ccc(F)cc1)N1CCC[C@H](c2cc(-c3cccnc3)n[nH]2)C1. The van der Waals surface area contributed by atoms with Crippen molar-refractivity contribution in [3.05, 3.63) is 71.9 Å². The molecule has 26 heavy (non-hydrogen) atoms. The molecule has 1 aliphatic rings. The molecule has 1 N–H and O–H groups in total. The highest BCUT2D eigenvalue weighted by molar-refractivity contribution is 5.94. The van der Waals surface area contributed by atoms with Crippen molar-refractivity contribution in [1.29, 1.82) is 0 Å². The Hall–Kier alpha value is -3.02. The summed E-state index contributed by atoms with van der Waals surface area (Å²) in [7, 11) is 0. The number of aromatic amines is 1. The minimum atomic E-state index is -0.335. The molecule has 0 saturated carbocycles. The van der Waals surface area contributed by atoms with Crippen molar-refractivity contribution in [3.8, 4) is 11.3 Å². The first kappa shape index (κ1) is 16.4. The van der Waals surface area contributed by atoms with Crippen LogP contribution in [-0.2, 0) is 0 Å². The molecular weight excluding hydrogens is 331 g/mol.